The quantitative estimate of drug-likeness (QED) is 0.520. The van der Waals surface area contributed by atoms with Crippen LogP contribution in [0, 0.1) is 0 Å². The molecule has 1 atom stereocenters. The van der Waals surface area contributed by atoms with Crippen LogP contribution in [0.3, 0.4) is 0 Å². The third-order valence-corrected chi connectivity index (χ3v) is 7.58. The molecule has 2 aliphatic rings. The van der Waals surface area contributed by atoms with Crippen LogP contribution in [0.15, 0.2) is 48.5 Å². The van der Waals surface area contributed by atoms with E-state index >= 15 is 0 Å². The lowest BCUT2D eigenvalue weighted by Gasteiger charge is -2.27. The summed E-state index contributed by atoms with van der Waals surface area (Å²) < 4.78 is 17.3. The lowest BCUT2D eigenvalue weighted by Crippen LogP contribution is -2.39. The maximum atomic E-state index is 13.0. The summed E-state index contributed by atoms with van der Waals surface area (Å²) in [6.07, 6.45) is 2.78. The Morgan fingerprint density at radius 1 is 0.900 bits per heavy atom. The van der Waals surface area contributed by atoms with E-state index in [9.17, 15) is 9.59 Å². The number of benzene rings is 2. The van der Waals surface area contributed by atoms with Gasteiger partial charge in [-0.2, -0.15) is 0 Å². The van der Waals surface area contributed by atoms with Crippen molar-refractivity contribution in [1.82, 2.24) is 20.4 Å². The summed E-state index contributed by atoms with van der Waals surface area (Å²) in [5.41, 5.74) is 2.18. The van der Waals surface area contributed by atoms with Gasteiger partial charge in [-0.05, 0) is 36.8 Å². The SMILES string of the molecule is COc1cccc(CN2CCCNC(=O)CCC(c3ccccc3)CCNC(=O)C2)c1OCCN1CCOCC1. The molecular formula is C31H44N4O5. The highest BCUT2D eigenvalue weighted by Crippen LogP contribution is 2.32. The molecule has 9 nitrogen and oxygen atoms in total. The average Bonchev–Trinajstić information content (AvgIpc) is 2.98. The van der Waals surface area contributed by atoms with Crippen LogP contribution in [0.25, 0.3) is 0 Å². The van der Waals surface area contributed by atoms with E-state index in [1.54, 1.807) is 7.11 Å². The highest BCUT2D eigenvalue weighted by molar-refractivity contribution is 5.78. The highest BCUT2D eigenvalue weighted by Gasteiger charge is 2.19. The second-order valence-corrected chi connectivity index (χ2v) is 10.5. The molecule has 0 radical (unpaired) electrons. The van der Waals surface area contributed by atoms with Crippen molar-refractivity contribution in [1.29, 1.82) is 0 Å². The highest BCUT2D eigenvalue weighted by atomic mass is 16.5. The van der Waals surface area contributed by atoms with Crippen LogP contribution >= 0.6 is 0 Å². The molecule has 1 unspecified atom stereocenters. The molecule has 2 N–H and O–H groups in total. The first-order valence-corrected chi connectivity index (χ1v) is 14.5. The molecule has 2 aromatic rings. The Kier molecular flexibility index (Phi) is 12.1. The summed E-state index contributed by atoms with van der Waals surface area (Å²) in [5, 5.41) is 6.19. The number of rotatable bonds is 8. The summed E-state index contributed by atoms with van der Waals surface area (Å²) in [4.78, 5) is 30.0. The topological polar surface area (TPSA) is 92.4 Å². The molecule has 2 amide bonds. The zero-order valence-electron chi connectivity index (χ0n) is 23.7. The summed E-state index contributed by atoms with van der Waals surface area (Å²) in [6.45, 7) is 7.32. The predicted octanol–water partition coefficient (Wildman–Crippen LogP) is 2.80. The van der Waals surface area contributed by atoms with E-state index in [1.807, 2.05) is 36.4 Å². The fraction of sp³-hybridized carbons (Fsp3) is 0.548. The number of carbonyl (C=O) groups excluding carboxylic acids is 2. The first kappa shape index (κ1) is 29.8. The number of nitrogens with zero attached hydrogens (tertiary/aromatic N) is 2. The summed E-state index contributed by atoms with van der Waals surface area (Å²) >= 11 is 0. The first-order chi connectivity index (χ1) is 19.6. The Bertz CT molecular complexity index is 1060. The number of methoxy groups -OCH3 is 1. The molecule has 2 heterocycles. The molecule has 218 valence electrons. The zero-order chi connectivity index (χ0) is 28.0. The van der Waals surface area contributed by atoms with Gasteiger partial charge in [-0.1, -0.05) is 42.5 Å². The molecule has 0 bridgehead atoms. The van der Waals surface area contributed by atoms with Crippen molar-refractivity contribution in [3.63, 3.8) is 0 Å². The largest absolute Gasteiger partial charge is 0.493 e. The van der Waals surface area contributed by atoms with Gasteiger partial charge in [0.15, 0.2) is 11.5 Å². The van der Waals surface area contributed by atoms with Gasteiger partial charge in [0.25, 0.3) is 0 Å². The number of nitrogens with one attached hydrogen (secondary N) is 2. The van der Waals surface area contributed by atoms with E-state index in [1.165, 1.54) is 5.56 Å². The summed E-state index contributed by atoms with van der Waals surface area (Å²) in [5.74, 6) is 1.71. The Morgan fingerprint density at radius 2 is 1.70 bits per heavy atom. The van der Waals surface area contributed by atoms with Gasteiger partial charge in [-0.3, -0.25) is 19.4 Å². The molecule has 2 saturated heterocycles. The van der Waals surface area contributed by atoms with Gasteiger partial charge >= 0.3 is 0 Å². The van der Waals surface area contributed by atoms with Crippen LogP contribution < -0.4 is 20.1 Å². The molecule has 0 aliphatic carbocycles. The molecule has 2 fully saturated rings. The Balaban J connectivity index is 1.40. The minimum absolute atomic E-state index is 0.00517. The minimum Gasteiger partial charge on any atom is -0.493 e. The molecule has 4 rings (SSSR count). The van der Waals surface area contributed by atoms with Crippen molar-refractivity contribution in [2.45, 2.75) is 38.1 Å². The number of hydrogen-bond acceptors (Lipinski definition) is 7. The van der Waals surface area contributed by atoms with Gasteiger partial charge < -0.3 is 24.8 Å². The van der Waals surface area contributed by atoms with E-state index in [4.69, 9.17) is 14.2 Å². The Morgan fingerprint density at radius 3 is 2.50 bits per heavy atom. The third-order valence-electron chi connectivity index (χ3n) is 7.58. The van der Waals surface area contributed by atoms with E-state index in [0.717, 1.165) is 63.4 Å². The van der Waals surface area contributed by atoms with E-state index in [-0.39, 0.29) is 24.3 Å². The third kappa shape index (κ3) is 9.50. The summed E-state index contributed by atoms with van der Waals surface area (Å²) in [7, 11) is 1.65. The monoisotopic (exact) mass is 552 g/mol. The van der Waals surface area contributed by atoms with Gasteiger partial charge in [0, 0.05) is 57.8 Å². The molecular weight excluding hydrogens is 508 g/mol. The number of para-hydroxylation sites is 1. The van der Waals surface area contributed by atoms with Crippen molar-refractivity contribution in [2.24, 2.45) is 0 Å². The van der Waals surface area contributed by atoms with Crippen LogP contribution in [0.2, 0.25) is 0 Å². The molecule has 0 aromatic heterocycles. The van der Waals surface area contributed by atoms with Crippen LogP contribution in [0.5, 0.6) is 11.5 Å². The van der Waals surface area contributed by atoms with Crippen LogP contribution in [-0.4, -0.2) is 94.4 Å². The lowest BCUT2D eigenvalue weighted by molar-refractivity contribution is -0.123. The molecule has 40 heavy (non-hydrogen) atoms. The van der Waals surface area contributed by atoms with Crippen molar-refractivity contribution in [3.8, 4) is 11.5 Å². The number of ether oxygens (including phenoxy) is 3. The second-order valence-electron chi connectivity index (χ2n) is 10.5. The van der Waals surface area contributed by atoms with E-state index in [0.29, 0.717) is 45.0 Å². The van der Waals surface area contributed by atoms with Crippen molar-refractivity contribution in [2.75, 3.05) is 72.7 Å². The fourth-order valence-corrected chi connectivity index (χ4v) is 5.34. The minimum atomic E-state index is 0.00517. The maximum absolute atomic E-state index is 13.0. The van der Waals surface area contributed by atoms with Crippen LogP contribution in [0.4, 0.5) is 0 Å². The number of amides is 2. The lowest BCUT2D eigenvalue weighted by atomic mass is 9.91. The molecule has 0 saturated carbocycles. The zero-order valence-corrected chi connectivity index (χ0v) is 23.7. The van der Waals surface area contributed by atoms with Gasteiger partial charge in [0.05, 0.1) is 26.9 Å². The predicted molar refractivity (Wildman–Crippen MR) is 155 cm³/mol. The molecule has 2 aromatic carbocycles. The van der Waals surface area contributed by atoms with E-state index in [2.05, 4.69) is 32.6 Å². The molecule has 2 aliphatic heterocycles. The molecule has 0 spiro atoms. The standard InChI is InChI=1S/C31H44N4O5/c1-38-28-10-5-9-27(31(28)40-22-19-34-17-20-39-21-18-34)23-35-16-6-14-32-29(36)12-11-26(13-15-33-30(37)24-35)25-7-3-2-4-8-25/h2-5,7-10,26H,6,11-24H2,1H3,(H,32,36)(H,33,37). The maximum Gasteiger partial charge on any atom is 0.234 e. The number of hydrogen-bond donors (Lipinski definition) is 2. The fourth-order valence-electron chi connectivity index (χ4n) is 5.34. The van der Waals surface area contributed by atoms with Gasteiger partial charge in [0.2, 0.25) is 11.8 Å². The number of carbonyl (C=O) groups is 2. The average molecular weight is 553 g/mol. The first-order valence-electron chi connectivity index (χ1n) is 14.5. The van der Waals surface area contributed by atoms with Gasteiger partial charge in [-0.25, -0.2) is 0 Å². The van der Waals surface area contributed by atoms with Crippen molar-refractivity contribution < 1.29 is 23.8 Å². The second kappa shape index (κ2) is 16.2. The van der Waals surface area contributed by atoms with Crippen LogP contribution in [0.1, 0.15) is 42.7 Å². The molecule has 9 heteroatoms. The van der Waals surface area contributed by atoms with Gasteiger partial charge in [0.1, 0.15) is 6.61 Å². The normalized spacial score (nSPS) is 20.7. The van der Waals surface area contributed by atoms with Crippen molar-refractivity contribution in [3.05, 3.63) is 59.7 Å². The van der Waals surface area contributed by atoms with Crippen LogP contribution in [-0.2, 0) is 20.9 Å². The number of morpholine rings is 1. The smallest absolute Gasteiger partial charge is 0.234 e. The van der Waals surface area contributed by atoms with E-state index < -0.39 is 0 Å². The van der Waals surface area contributed by atoms with Gasteiger partial charge in [-0.15, -0.1) is 0 Å². The Labute approximate surface area is 238 Å². The Hall–Kier alpha value is -3.14. The summed E-state index contributed by atoms with van der Waals surface area (Å²) in [6, 6.07) is 16.1. The van der Waals surface area contributed by atoms with Crippen molar-refractivity contribution >= 4 is 11.8 Å².